The summed E-state index contributed by atoms with van der Waals surface area (Å²) in [6.45, 7) is 3.10. The summed E-state index contributed by atoms with van der Waals surface area (Å²) in [5, 5.41) is 10.0. The van der Waals surface area contributed by atoms with Crippen molar-refractivity contribution in [2.24, 2.45) is 7.05 Å². The van der Waals surface area contributed by atoms with E-state index in [4.69, 9.17) is 0 Å². The molecule has 0 radical (unpaired) electrons. The molecule has 0 fully saturated rings. The van der Waals surface area contributed by atoms with Gasteiger partial charge in [0, 0.05) is 42.6 Å². The summed E-state index contributed by atoms with van der Waals surface area (Å²) < 4.78 is 2.47. The second kappa shape index (κ2) is 6.51. The van der Waals surface area contributed by atoms with E-state index in [9.17, 15) is 4.79 Å². The highest BCUT2D eigenvalue weighted by Crippen LogP contribution is 2.18. The molecule has 0 spiro atoms. The Morgan fingerprint density at radius 3 is 2.90 bits per heavy atom. The first kappa shape index (κ1) is 14.5. The molecule has 7 heteroatoms. The molecule has 0 saturated carbocycles. The molecule has 0 aliphatic heterocycles. The fourth-order valence-corrected chi connectivity index (χ4v) is 2.09. The lowest BCUT2D eigenvalue weighted by molar-refractivity contribution is 0.0951. The first-order valence-electron chi connectivity index (χ1n) is 6.25. The summed E-state index contributed by atoms with van der Waals surface area (Å²) in [5.41, 5.74) is 1.47. The van der Waals surface area contributed by atoms with E-state index in [0.717, 1.165) is 10.0 Å². The van der Waals surface area contributed by atoms with E-state index in [2.05, 4.69) is 36.6 Å². The van der Waals surface area contributed by atoms with Crippen LogP contribution in [0.1, 0.15) is 22.8 Å². The van der Waals surface area contributed by atoms with Crippen molar-refractivity contribution in [3.63, 3.8) is 0 Å². The van der Waals surface area contributed by atoms with E-state index in [1.54, 1.807) is 23.1 Å². The minimum Gasteiger partial charge on any atom is -0.370 e. The van der Waals surface area contributed by atoms with E-state index in [1.807, 2.05) is 20.2 Å². The van der Waals surface area contributed by atoms with Crippen molar-refractivity contribution >= 4 is 27.7 Å². The van der Waals surface area contributed by atoms with Gasteiger partial charge >= 0.3 is 0 Å². The highest BCUT2D eigenvalue weighted by Gasteiger charge is 2.13. The van der Waals surface area contributed by atoms with Crippen LogP contribution in [-0.2, 0) is 13.6 Å². The molecular weight excluding hydrogens is 322 g/mol. The molecule has 2 aromatic rings. The third-order valence-corrected chi connectivity index (χ3v) is 3.09. The zero-order chi connectivity index (χ0) is 14.5. The van der Waals surface area contributed by atoms with Crippen LogP contribution < -0.4 is 10.6 Å². The summed E-state index contributed by atoms with van der Waals surface area (Å²) in [4.78, 5) is 16.4. The largest absolute Gasteiger partial charge is 0.370 e. The van der Waals surface area contributed by atoms with Gasteiger partial charge in [0.1, 0.15) is 5.82 Å². The lowest BCUT2D eigenvalue weighted by Crippen LogP contribution is -2.24. The number of hydrogen-bond donors (Lipinski definition) is 2. The Morgan fingerprint density at radius 2 is 2.25 bits per heavy atom. The molecule has 0 atom stereocenters. The molecule has 2 N–H and O–H groups in total. The minimum atomic E-state index is -0.168. The molecule has 2 aromatic heterocycles. The average molecular weight is 338 g/mol. The third-order valence-electron chi connectivity index (χ3n) is 2.65. The van der Waals surface area contributed by atoms with Crippen molar-refractivity contribution in [1.82, 2.24) is 20.1 Å². The normalized spacial score (nSPS) is 10.3. The predicted molar refractivity (Wildman–Crippen MR) is 80.5 cm³/mol. The molecule has 0 bridgehead atoms. The number of nitrogens with one attached hydrogen (secondary N) is 2. The second-order valence-corrected chi connectivity index (χ2v) is 5.20. The van der Waals surface area contributed by atoms with Crippen LogP contribution in [0.25, 0.3) is 0 Å². The third kappa shape index (κ3) is 3.57. The van der Waals surface area contributed by atoms with Crippen molar-refractivity contribution in [2.45, 2.75) is 13.5 Å². The molecule has 106 valence electrons. The fraction of sp³-hybridized carbons (Fsp3) is 0.308. The van der Waals surface area contributed by atoms with Crippen LogP contribution in [0.4, 0.5) is 5.82 Å². The molecule has 0 unspecified atom stereocenters. The van der Waals surface area contributed by atoms with Gasteiger partial charge in [-0.05, 0) is 28.9 Å². The van der Waals surface area contributed by atoms with Gasteiger partial charge in [0.25, 0.3) is 5.91 Å². The highest BCUT2D eigenvalue weighted by atomic mass is 79.9. The molecule has 0 aliphatic carbocycles. The summed E-state index contributed by atoms with van der Waals surface area (Å²) in [6.07, 6.45) is 5.26. The highest BCUT2D eigenvalue weighted by molar-refractivity contribution is 9.10. The van der Waals surface area contributed by atoms with E-state index >= 15 is 0 Å². The van der Waals surface area contributed by atoms with E-state index in [1.165, 1.54) is 0 Å². The van der Waals surface area contributed by atoms with Crippen LogP contribution in [0.3, 0.4) is 0 Å². The zero-order valence-corrected chi connectivity index (χ0v) is 12.9. The molecule has 0 aromatic carbocycles. The van der Waals surface area contributed by atoms with Gasteiger partial charge in [-0.2, -0.15) is 5.10 Å². The topological polar surface area (TPSA) is 71.8 Å². The monoisotopic (exact) mass is 337 g/mol. The first-order chi connectivity index (χ1) is 9.60. The molecule has 2 rings (SSSR count). The molecule has 1 amide bonds. The Hall–Kier alpha value is -1.89. The maximum atomic E-state index is 12.2. The van der Waals surface area contributed by atoms with Crippen LogP contribution in [0.5, 0.6) is 0 Å². The maximum absolute atomic E-state index is 12.2. The van der Waals surface area contributed by atoms with Crippen LogP contribution in [0.2, 0.25) is 0 Å². The minimum absolute atomic E-state index is 0.168. The Morgan fingerprint density at radius 1 is 1.45 bits per heavy atom. The van der Waals surface area contributed by atoms with E-state index in [0.29, 0.717) is 24.5 Å². The number of carbonyl (C=O) groups excluding carboxylic acids is 1. The number of nitrogens with zero attached hydrogens (tertiary/aromatic N) is 3. The number of rotatable bonds is 5. The van der Waals surface area contributed by atoms with Gasteiger partial charge in [-0.15, -0.1) is 0 Å². The first-order valence-corrected chi connectivity index (χ1v) is 7.04. The SMILES string of the molecule is CCNc1ncc(Br)cc1C(=O)NCc1cnn(C)c1. The number of pyridine rings is 1. The van der Waals surface area contributed by atoms with Gasteiger partial charge in [-0.25, -0.2) is 4.98 Å². The smallest absolute Gasteiger partial charge is 0.255 e. The molecule has 6 nitrogen and oxygen atoms in total. The Bertz CT molecular complexity index is 611. The Labute approximate surface area is 125 Å². The fourth-order valence-electron chi connectivity index (χ4n) is 1.76. The summed E-state index contributed by atoms with van der Waals surface area (Å²) >= 11 is 3.33. The van der Waals surface area contributed by atoms with E-state index < -0.39 is 0 Å². The number of hydrogen-bond acceptors (Lipinski definition) is 4. The predicted octanol–water partition coefficient (Wildman–Crippen LogP) is 1.94. The van der Waals surface area contributed by atoms with Gasteiger partial charge in [0.05, 0.1) is 11.8 Å². The van der Waals surface area contributed by atoms with Crippen molar-refractivity contribution in [3.8, 4) is 0 Å². The van der Waals surface area contributed by atoms with Crippen LogP contribution >= 0.6 is 15.9 Å². The quantitative estimate of drug-likeness (QED) is 0.874. The number of aromatic nitrogens is 3. The van der Waals surface area contributed by atoms with Crippen LogP contribution in [0.15, 0.2) is 29.1 Å². The van der Waals surface area contributed by atoms with Gasteiger partial charge in [0.15, 0.2) is 0 Å². The number of halogens is 1. The molecule has 20 heavy (non-hydrogen) atoms. The lowest BCUT2D eigenvalue weighted by atomic mass is 10.2. The zero-order valence-electron chi connectivity index (χ0n) is 11.4. The number of amides is 1. The van der Waals surface area contributed by atoms with Crippen LogP contribution in [0, 0.1) is 0 Å². The van der Waals surface area contributed by atoms with Gasteiger partial charge in [-0.3, -0.25) is 9.48 Å². The van der Waals surface area contributed by atoms with Crippen molar-refractivity contribution in [1.29, 1.82) is 0 Å². The average Bonchev–Trinajstić information content (AvgIpc) is 2.84. The molecule has 0 aliphatic rings. The van der Waals surface area contributed by atoms with Crippen molar-refractivity contribution in [3.05, 3.63) is 40.3 Å². The van der Waals surface area contributed by atoms with Gasteiger partial charge in [-0.1, -0.05) is 0 Å². The molecular formula is C13H16BrN5O. The summed E-state index contributed by atoms with van der Waals surface area (Å²) in [6, 6.07) is 1.75. The Kier molecular flexibility index (Phi) is 4.73. The number of aryl methyl sites for hydroxylation is 1. The molecule has 2 heterocycles. The van der Waals surface area contributed by atoms with E-state index in [-0.39, 0.29) is 5.91 Å². The number of carbonyl (C=O) groups is 1. The van der Waals surface area contributed by atoms with Crippen molar-refractivity contribution in [2.75, 3.05) is 11.9 Å². The van der Waals surface area contributed by atoms with Gasteiger partial charge in [0.2, 0.25) is 0 Å². The lowest BCUT2D eigenvalue weighted by Gasteiger charge is -2.10. The molecule has 0 saturated heterocycles. The summed E-state index contributed by atoms with van der Waals surface area (Å²) in [7, 11) is 1.84. The number of anilines is 1. The standard InChI is InChI=1S/C13H16BrN5O/c1-3-15-12-11(4-10(14)7-16-12)13(20)17-5-9-6-18-19(2)8-9/h4,6-8H,3,5H2,1-2H3,(H,15,16)(H,17,20). The second-order valence-electron chi connectivity index (χ2n) is 4.28. The Balaban J connectivity index is 2.09. The van der Waals surface area contributed by atoms with Crippen molar-refractivity contribution < 1.29 is 4.79 Å². The summed E-state index contributed by atoms with van der Waals surface area (Å²) in [5.74, 6) is 0.415. The van der Waals surface area contributed by atoms with Crippen LogP contribution in [-0.4, -0.2) is 27.2 Å². The maximum Gasteiger partial charge on any atom is 0.255 e. The van der Waals surface area contributed by atoms with Gasteiger partial charge < -0.3 is 10.6 Å².